The van der Waals surface area contributed by atoms with Crippen LogP contribution in [0.15, 0.2) is 81.6 Å². The number of carbonyl (C=O) groups excluding carboxylic acids is 1. The molecule has 9 nitrogen and oxygen atoms in total. The molecule has 0 fully saturated rings. The molecule has 0 bridgehead atoms. The van der Waals surface area contributed by atoms with E-state index in [0.717, 1.165) is 16.8 Å². The predicted octanol–water partition coefficient (Wildman–Crippen LogP) is 4.04. The average Bonchev–Trinajstić information content (AvgIpc) is 3.63. The molecule has 10 heteroatoms. The maximum Gasteiger partial charge on any atom is 0.253 e. The number of ether oxygens (including phenoxy) is 1. The van der Waals surface area contributed by atoms with Crippen LogP contribution in [0, 0.1) is 6.92 Å². The molecule has 1 atom stereocenters. The molecule has 1 aliphatic heterocycles. The maximum absolute atomic E-state index is 13.3. The zero-order valence-electron chi connectivity index (χ0n) is 19.3. The van der Waals surface area contributed by atoms with Crippen LogP contribution in [0.2, 0.25) is 0 Å². The van der Waals surface area contributed by atoms with Gasteiger partial charge in [0.2, 0.25) is 5.16 Å². The number of carbonyl (C=O) groups is 1. The van der Waals surface area contributed by atoms with Crippen molar-refractivity contribution in [2.45, 2.75) is 24.5 Å². The number of nitrogens with two attached hydrogens (primary N) is 1. The standard InChI is InChI=1S/C25H24N6O3S/c1-16-9-11-17(12-10-16)19-14-20(22-8-5-13-34-22)31(29-19)23(32)15-35-25-28-27-24(30(25)26)18-6-3-4-7-21(18)33-2/h3-13,20H,14-15,26H2,1-2H3/t20-/m0/s1. The molecule has 5 rings (SSSR count). The van der Waals surface area contributed by atoms with E-state index in [-0.39, 0.29) is 17.7 Å². The van der Waals surface area contributed by atoms with Gasteiger partial charge in [-0.15, -0.1) is 10.2 Å². The van der Waals surface area contributed by atoms with Gasteiger partial charge in [-0.3, -0.25) is 4.79 Å². The van der Waals surface area contributed by atoms with Crippen molar-refractivity contribution in [3.8, 4) is 17.1 Å². The quantitative estimate of drug-likeness (QED) is 0.309. The molecule has 2 aromatic carbocycles. The predicted molar refractivity (Wildman–Crippen MR) is 134 cm³/mol. The van der Waals surface area contributed by atoms with Gasteiger partial charge in [0.15, 0.2) is 5.82 Å². The first-order chi connectivity index (χ1) is 17.0. The molecular formula is C25H24N6O3S. The van der Waals surface area contributed by atoms with Crippen LogP contribution in [-0.4, -0.2) is 44.4 Å². The topological polar surface area (TPSA) is 112 Å². The SMILES string of the molecule is COc1ccccc1-c1nnc(SCC(=O)N2N=C(c3ccc(C)cc3)C[C@H]2c2ccco2)n1N. The number of hydrogen-bond acceptors (Lipinski definition) is 8. The van der Waals surface area contributed by atoms with Crippen LogP contribution in [0.3, 0.4) is 0 Å². The van der Waals surface area contributed by atoms with Crippen LogP contribution in [0.25, 0.3) is 11.4 Å². The smallest absolute Gasteiger partial charge is 0.253 e. The lowest BCUT2D eigenvalue weighted by molar-refractivity contribution is -0.130. The van der Waals surface area contributed by atoms with E-state index < -0.39 is 0 Å². The first-order valence-electron chi connectivity index (χ1n) is 11.0. The van der Waals surface area contributed by atoms with Crippen LogP contribution < -0.4 is 10.6 Å². The van der Waals surface area contributed by atoms with Crippen LogP contribution in [-0.2, 0) is 4.79 Å². The Labute approximate surface area is 206 Å². The molecule has 0 spiro atoms. The summed E-state index contributed by atoms with van der Waals surface area (Å²) >= 11 is 1.20. The highest BCUT2D eigenvalue weighted by atomic mass is 32.2. The number of amides is 1. The number of hydrogen-bond donors (Lipinski definition) is 1. The lowest BCUT2D eigenvalue weighted by Gasteiger charge is -2.19. The molecule has 2 aromatic heterocycles. The second-order valence-corrected chi connectivity index (χ2v) is 8.99. The lowest BCUT2D eigenvalue weighted by atomic mass is 10.0. The second-order valence-electron chi connectivity index (χ2n) is 8.05. The van der Waals surface area contributed by atoms with E-state index in [2.05, 4.69) is 15.3 Å². The van der Waals surface area contributed by atoms with Crippen molar-refractivity contribution in [3.63, 3.8) is 0 Å². The van der Waals surface area contributed by atoms with Crippen LogP contribution in [0.4, 0.5) is 0 Å². The van der Waals surface area contributed by atoms with Gasteiger partial charge in [-0.2, -0.15) is 5.10 Å². The highest BCUT2D eigenvalue weighted by Crippen LogP contribution is 2.34. The van der Waals surface area contributed by atoms with Gasteiger partial charge < -0.3 is 15.0 Å². The van der Waals surface area contributed by atoms with Crippen LogP contribution >= 0.6 is 11.8 Å². The highest BCUT2D eigenvalue weighted by molar-refractivity contribution is 7.99. The Hall–Kier alpha value is -4.05. The third kappa shape index (κ3) is 4.52. The van der Waals surface area contributed by atoms with Gasteiger partial charge in [0.05, 0.1) is 30.4 Å². The summed E-state index contributed by atoms with van der Waals surface area (Å²) in [7, 11) is 1.58. The van der Waals surface area contributed by atoms with Crippen LogP contribution in [0.5, 0.6) is 5.75 Å². The van der Waals surface area contributed by atoms with Crippen molar-refractivity contribution in [3.05, 3.63) is 83.8 Å². The fraction of sp³-hybridized carbons (Fsp3) is 0.200. The number of aryl methyl sites for hydroxylation is 1. The summed E-state index contributed by atoms with van der Waals surface area (Å²) in [5, 5.41) is 15.0. The van der Waals surface area contributed by atoms with Gasteiger partial charge in [-0.25, -0.2) is 9.69 Å². The summed E-state index contributed by atoms with van der Waals surface area (Å²) in [5.74, 6) is 7.94. The monoisotopic (exact) mass is 488 g/mol. The number of hydrazone groups is 1. The minimum absolute atomic E-state index is 0.0865. The Morgan fingerprint density at radius 1 is 1.14 bits per heavy atom. The minimum Gasteiger partial charge on any atom is -0.496 e. The van der Waals surface area contributed by atoms with Gasteiger partial charge in [0.1, 0.15) is 17.6 Å². The molecule has 0 aliphatic carbocycles. The van der Waals surface area contributed by atoms with Crippen molar-refractivity contribution in [2.24, 2.45) is 5.10 Å². The van der Waals surface area contributed by atoms with E-state index in [0.29, 0.717) is 34.5 Å². The Balaban J connectivity index is 1.35. The number of methoxy groups -OCH3 is 1. The van der Waals surface area contributed by atoms with Crippen molar-refractivity contribution in [2.75, 3.05) is 18.7 Å². The maximum atomic E-state index is 13.3. The fourth-order valence-corrected chi connectivity index (χ4v) is 4.65. The summed E-state index contributed by atoms with van der Waals surface area (Å²) in [4.78, 5) is 13.3. The van der Waals surface area contributed by atoms with E-state index in [1.165, 1.54) is 21.4 Å². The second kappa shape index (κ2) is 9.67. The number of furan rings is 1. The number of nitrogen functional groups attached to an aromatic ring is 1. The molecule has 0 unspecified atom stereocenters. The number of rotatable bonds is 7. The fourth-order valence-electron chi connectivity index (χ4n) is 3.94. The normalized spacial score (nSPS) is 15.3. The third-order valence-electron chi connectivity index (χ3n) is 5.76. The van der Waals surface area contributed by atoms with E-state index >= 15 is 0 Å². The van der Waals surface area contributed by atoms with Crippen molar-refractivity contribution < 1.29 is 13.9 Å². The zero-order valence-corrected chi connectivity index (χ0v) is 20.1. The number of nitrogens with zero attached hydrogens (tertiary/aromatic N) is 5. The van der Waals surface area contributed by atoms with Crippen molar-refractivity contribution in [1.29, 1.82) is 0 Å². The van der Waals surface area contributed by atoms with Gasteiger partial charge in [0, 0.05) is 6.42 Å². The Bertz CT molecular complexity index is 1360. The molecule has 0 radical (unpaired) electrons. The molecule has 0 saturated carbocycles. The molecule has 178 valence electrons. The summed E-state index contributed by atoms with van der Waals surface area (Å²) < 4.78 is 12.4. The molecular weight excluding hydrogens is 464 g/mol. The third-order valence-corrected chi connectivity index (χ3v) is 6.69. The van der Waals surface area contributed by atoms with Crippen molar-refractivity contribution in [1.82, 2.24) is 19.9 Å². The highest BCUT2D eigenvalue weighted by Gasteiger charge is 2.35. The van der Waals surface area contributed by atoms with E-state index in [9.17, 15) is 4.79 Å². The molecule has 3 heterocycles. The molecule has 1 amide bonds. The first kappa shape index (κ1) is 22.7. The molecule has 0 saturated heterocycles. The van der Waals surface area contributed by atoms with Gasteiger partial charge in [-0.05, 0) is 36.8 Å². The summed E-state index contributed by atoms with van der Waals surface area (Å²) in [6, 6.07) is 18.9. The average molecular weight is 489 g/mol. The van der Waals surface area contributed by atoms with Gasteiger partial charge in [-0.1, -0.05) is 53.7 Å². The number of thioether (sulfide) groups is 1. The van der Waals surface area contributed by atoms with E-state index in [1.807, 2.05) is 67.6 Å². The zero-order chi connectivity index (χ0) is 24.4. The van der Waals surface area contributed by atoms with E-state index in [1.54, 1.807) is 13.4 Å². The largest absolute Gasteiger partial charge is 0.496 e. The molecule has 2 N–H and O–H groups in total. The molecule has 4 aromatic rings. The Morgan fingerprint density at radius 2 is 1.94 bits per heavy atom. The van der Waals surface area contributed by atoms with Crippen molar-refractivity contribution >= 4 is 23.4 Å². The van der Waals surface area contributed by atoms with Gasteiger partial charge >= 0.3 is 0 Å². The molecule has 35 heavy (non-hydrogen) atoms. The minimum atomic E-state index is -0.311. The molecule has 1 aliphatic rings. The summed E-state index contributed by atoms with van der Waals surface area (Å²) in [5.41, 5.74) is 3.70. The van der Waals surface area contributed by atoms with Crippen LogP contribution in [0.1, 0.15) is 29.3 Å². The Kier molecular flexibility index (Phi) is 6.28. The number of aromatic nitrogens is 3. The number of benzene rings is 2. The van der Waals surface area contributed by atoms with Gasteiger partial charge in [0.25, 0.3) is 5.91 Å². The van der Waals surface area contributed by atoms with E-state index in [4.69, 9.17) is 15.0 Å². The summed E-state index contributed by atoms with van der Waals surface area (Å²) in [6.07, 6.45) is 2.17. The summed E-state index contributed by atoms with van der Waals surface area (Å²) in [6.45, 7) is 2.04. The lowest BCUT2D eigenvalue weighted by Crippen LogP contribution is -2.28. The first-order valence-corrected chi connectivity index (χ1v) is 12.0. The number of para-hydroxylation sites is 1. The Morgan fingerprint density at radius 3 is 2.69 bits per heavy atom.